The standard InChI is InChI=1S/C22H20N4O3/c1-14-20-18(26(25-14)19-9-5-6-12-23-19)11-10-15(21(20)27)13-24-17-8-4-3-7-16(17)22(28)29-2/h3-9,12-13,24H,10-11H2,1-2H3/b15-13+. The van der Waals surface area contributed by atoms with Crippen molar-refractivity contribution in [3.63, 3.8) is 0 Å². The van der Waals surface area contributed by atoms with Gasteiger partial charge in [-0.1, -0.05) is 18.2 Å². The molecule has 0 radical (unpaired) electrons. The van der Waals surface area contributed by atoms with Crippen LogP contribution in [0.5, 0.6) is 0 Å². The summed E-state index contributed by atoms with van der Waals surface area (Å²) in [5, 5.41) is 7.63. The molecule has 0 spiro atoms. The fourth-order valence-corrected chi connectivity index (χ4v) is 3.50. The number of aryl methyl sites for hydroxylation is 1. The molecule has 1 aliphatic carbocycles. The molecule has 3 aromatic rings. The van der Waals surface area contributed by atoms with Crippen LogP contribution in [0.15, 0.2) is 60.4 Å². The molecule has 0 aliphatic heterocycles. The molecular formula is C22H20N4O3. The number of hydrogen-bond donors (Lipinski definition) is 1. The predicted octanol–water partition coefficient (Wildman–Crippen LogP) is 3.49. The van der Waals surface area contributed by atoms with Crippen LogP contribution in [0.2, 0.25) is 0 Å². The van der Waals surface area contributed by atoms with Crippen LogP contribution in [-0.2, 0) is 11.2 Å². The minimum absolute atomic E-state index is 0.0611. The third-order valence-electron chi connectivity index (χ3n) is 4.91. The zero-order valence-electron chi connectivity index (χ0n) is 16.2. The van der Waals surface area contributed by atoms with E-state index in [0.29, 0.717) is 46.7 Å². The number of Topliss-reactive ketones (excluding diaryl/α,β-unsaturated/α-hetero) is 1. The first-order chi connectivity index (χ1) is 14.1. The molecule has 0 amide bonds. The maximum Gasteiger partial charge on any atom is 0.339 e. The zero-order valence-corrected chi connectivity index (χ0v) is 16.2. The molecule has 7 nitrogen and oxygen atoms in total. The van der Waals surface area contributed by atoms with Gasteiger partial charge in [-0.05, 0) is 44.0 Å². The lowest BCUT2D eigenvalue weighted by Crippen LogP contribution is -2.17. The molecule has 0 saturated carbocycles. The van der Waals surface area contributed by atoms with E-state index >= 15 is 0 Å². The summed E-state index contributed by atoms with van der Waals surface area (Å²) in [5.41, 5.74) is 3.81. The van der Waals surface area contributed by atoms with Crippen LogP contribution in [0.4, 0.5) is 5.69 Å². The Bertz CT molecular complexity index is 1120. The summed E-state index contributed by atoms with van der Waals surface area (Å²) in [4.78, 5) is 29.4. The third kappa shape index (κ3) is 3.42. The van der Waals surface area contributed by atoms with Crippen LogP contribution < -0.4 is 5.32 Å². The van der Waals surface area contributed by atoms with E-state index in [2.05, 4.69) is 15.4 Å². The van der Waals surface area contributed by atoms with Crippen molar-refractivity contribution in [1.29, 1.82) is 0 Å². The molecule has 1 aliphatic rings. The Hall–Kier alpha value is -3.74. The Labute approximate surface area is 168 Å². The van der Waals surface area contributed by atoms with Crippen LogP contribution >= 0.6 is 0 Å². The number of ketones is 1. The first-order valence-electron chi connectivity index (χ1n) is 9.27. The normalized spacial score (nSPS) is 14.6. The maximum atomic E-state index is 13.1. The van der Waals surface area contributed by atoms with E-state index in [4.69, 9.17) is 4.74 Å². The highest BCUT2D eigenvalue weighted by Gasteiger charge is 2.29. The lowest BCUT2D eigenvalue weighted by Gasteiger charge is -2.16. The minimum atomic E-state index is -0.434. The van der Waals surface area contributed by atoms with Crippen LogP contribution in [0.25, 0.3) is 5.82 Å². The van der Waals surface area contributed by atoms with Gasteiger partial charge in [-0.3, -0.25) is 4.79 Å². The van der Waals surface area contributed by atoms with Crippen molar-refractivity contribution >= 4 is 17.4 Å². The first kappa shape index (κ1) is 18.6. The van der Waals surface area contributed by atoms with Crippen molar-refractivity contribution in [2.45, 2.75) is 19.8 Å². The number of benzene rings is 1. The highest BCUT2D eigenvalue weighted by atomic mass is 16.5. The van der Waals surface area contributed by atoms with Crippen molar-refractivity contribution in [1.82, 2.24) is 14.8 Å². The number of para-hydroxylation sites is 1. The van der Waals surface area contributed by atoms with E-state index < -0.39 is 5.97 Å². The molecule has 2 aromatic heterocycles. The number of ether oxygens (including phenoxy) is 1. The highest BCUT2D eigenvalue weighted by Crippen LogP contribution is 2.29. The van der Waals surface area contributed by atoms with Gasteiger partial charge in [0.15, 0.2) is 11.6 Å². The number of esters is 1. The number of aromatic nitrogens is 3. The Morgan fingerprint density at radius 2 is 1.97 bits per heavy atom. The van der Waals surface area contributed by atoms with Crippen LogP contribution in [-0.4, -0.2) is 33.6 Å². The second-order valence-corrected chi connectivity index (χ2v) is 6.69. The van der Waals surface area contributed by atoms with Gasteiger partial charge in [0.25, 0.3) is 0 Å². The number of fused-ring (bicyclic) bond motifs is 1. The van der Waals surface area contributed by atoms with E-state index in [1.807, 2.05) is 31.2 Å². The molecule has 29 heavy (non-hydrogen) atoms. The number of anilines is 1. The Kier molecular flexibility index (Phi) is 4.95. The predicted molar refractivity (Wildman–Crippen MR) is 108 cm³/mol. The number of carbonyl (C=O) groups excluding carboxylic acids is 2. The Morgan fingerprint density at radius 1 is 1.17 bits per heavy atom. The lowest BCUT2D eigenvalue weighted by atomic mass is 9.90. The summed E-state index contributed by atoms with van der Waals surface area (Å²) in [6, 6.07) is 12.6. The number of hydrogen-bond acceptors (Lipinski definition) is 6. The number of allylic oxidation sites excluding steroid dienone is 1. The van der Waals surface area contributed by atoms with Crippen LogP contribution in [0.1, 0.15) is 38.5 Å². The molecule has 0 fully saturated rings. The van der Waals surface area contributed by atoms with E-state index in [-0.39, 0.29) is 5.78 Å². The minimum Gasteiger partial charge on any atom is -0.465 e. The molecule has 0 atom stereocenters. The summed E-state index contributed by atoms with van der Waals surface area (Å²) >= 11 is 0. The molecule has 1 aromatic carbocycles. The smallest absolute Gasteiger partial charge is 0.339 e. The molecule has 7 heteroatoms. The van der Waals surface area contributed by atoms with Gasteiger partial charge < -0.3 is 10.1 Å². The second-order valence-electron chi connectivity index (χ2n) is 6.69. The van der Waals surface area contributed by atoms with E-state index in [9.17, 15) is 9.59 Å². The van der Waals surface area contributed by atoms with Gasteiger partial charge in [-0.25, -0.2) is 14.5 Å². The average molecular weight is 388 g/mol. The summed E-state index contributed by atoms with van der Waals surface area (Å²) in [6.07, 6.45) is 4.61. The third-order valence-corrected chi connectivity index (χ3v) is 4.91. The molecule has 4 rings (SSSR count). The highest BCUT2D eigenvalue weighted by molar-refractivity contribution is 6.11. The number of methoxy groups -OCH3 is 1. The average Bonchev–Trinajstić information content (AvgIpc) is 3.10. The number of rotatable bonds is 4. The molecule has 0 saturated heterocycles. The molecule has 2 heterocycles. The summed E-state index contributed by atoms with van der Waals surface area (Å²) in [7, 11) is 1.34. The van der Waals surface area contributed by atoms with Crippen molar-refractivity contribution in [3.8, 4) is 5.82 Å². The van der Waals surface area contributed by atoms with Gasteiger partial charge in [0.05, 0.1) is 35.3 Å². The number of nitrogens with one attached hydrogen (secondary N) is 1. The van der Waals surface area contributed by atoms with Crippen molar-refractivity contribution in [2.75, 3.05) is 12.4 Å². The van der Waals surface area contributed by atoms with E-state index in [1.54, 1.807) is 35.3 Å². The molecule has 1 N–H and O–H groups in total. The Balaban J connectivity index is 1.64. The van der Waals surface area contributed by atoms with Gasteiger partial charge in [0, 0.05) is 18.0 Å². The lowest BCUT2D eigenvalue weighted by molar-refractivity contribution is 0.0601. The Morgan fingerprint density at radius 3 is 2.72 bits per heavy atom. The van der Waals surface area contributed by atoms with E-state index in [0.717, 1.165) is 5.69 Å². The van der Waals surface area contributed by atoms with Crippen LogP contribution in [0, 0.1) is 6.92 Å². The van der Waals surface area contributed by atoms with Gasteiger partial charge >= 0.3 is 5.97 Å². The second kappa shape index (κ2) is 7.71. The van der Waals surface area contributed by atoms with Gasteiger partial charge in [-0.15, -0.1) is 0 Å². The number of nitrogens with zero attached hydrogens (tertiary/aromatic N) is 3. The largest absolute Gasteiger partial charge is 0.465 e. The number of pyridine rings is 1. The fourth-order valence-electron chi connectivity index (χ4n) is 3.50. The summed E-state index contributed by atoms with van der Waals surface area (Å²) in [6.45, 7) is 1.83. The van der Waals surface area contributed by atoms with Crippen molar-refractivity contribution < 1.29 is 14.3 Å². The van der Waals surface area contributed by atoms with Crippen molar-refractivity contribution in [3.05, 3.63) is 82.9 Å². The quantitative estimate of drug-likeness (QED) is 0.544. The van der Waals surface area contributed by atoms with E-state index in [1.165, 1.54) is 7.11 Å². The van der Waals surface area contributed by atoms with Gasteiger partial charge in [0.1, 0.15) is 0 Å². The van der Waals surface area contributed by atoms with Crippen LogP contribution in [0.3, 0.4) is 0 Å². The first-order valence-corrected chi connectivity index (χ1v) is 9.27. The summed E-state index contributed by atoms with van der Waals surface area (Å²) < 4.78 is 6.56. The number of carbonyl (C=O) groups is 2. The monoisotopic (exact) mass is 388 g/mol. The molecule has 0 unspecified atom stereocenters. The topological polar surface area (TPSA) is 86.1 Å². The summed E-state index contributed by atoms with van der Waals surface area (Å²) in [5.74, 6) is 0.201. The fraction of sp³-hybridized carbons (Fsp3) is 0.182. The van der Waals surface area contributed by atoms with Gasteiger partial charge in [-0.2, -0.15) is 5.10 Å². The zero-order chi connectivity index (χ0) is 20.4. The van der Waals surface area contributed by atoms with Crippen molar-refractivity contribution in [2.24, 2.45) is 0 Å². The maximum absolute atomic E-state index is 13.1. The SMILES string of the molecule is COC(=O)c1ccccc1N/C=C1\CCc2c(c(C)nn2-c2ccccn2)C1=O. The molecule has 0 bridgehead atoms. The van der Waals surface area contributed by atoms with Gasteiger partial charge in [0.2, 0.25) is 0 Å². The molecular weight excluding hydrogens is 368 g/mol. The molecule has 146 valence electrons.